The number of aliphatic hydroxyl groups is 1. The van der Waals surface area contributed by atoms with E-state index >= 15 is 0 Å². The molecule has 4 heteroatoms. The fourth-order valence-corrected chi connectivity index (χ4v) is 1.41. The van der Waals surface area contributed by atoms with Crippen molar-refractivity contribution in [3.05, 3.63) is 23.0 Å². The van der Waals surface area contributed by atoms with Gasteiger partial charge in [0.25, 0.3) is 0 Å². The summed E-state index contributed by atoms with van der Waals surface area (Å²) >= 11 is 5.83. The van der Waals surface area contributed by atoms with Crippen LogP contribution in [-0.2, 0) is 0 Å². The molecule has 0 unspecified atom stereocenters. The lowest BCUT2D eigenvalue weighted by Gasteiger charge is -2.21. The molecule has 1 aromatic rings. The molecule has 1 aromatic heterocycles. The number of anilines is 1. The third-order valence-electron chi connectivity index (χ3n) is 2.12. The Kier molecular flexibility index (Phi) is 4.17. The van der Waals surface area contributed by atoms with Crippen LogP contribution < -0.4 is 4.90 Å². The first kappa shape index (κ1) is 11.3. The summed E-state index contributed by atoms with van der Waals surface area (Å²) in [6.45, 7) is 5.59. The van der Waals surface area contributed by atoms with E-state index in [1.165, 1.54) is 0 Å². The standard InChI is InChI=1S/C10H15ClN2O/c1-3-13(4-5-14)9-6-8(2)10(11)12-7-9/h6-7,14H,3-5H2,1-2H3. The van der Waals surface area contributed by atoms with Gasteiger partial charge in [0.1, 0.15) is 5.15 Å². The molecule has 0 bridgehead atoms. The van der Waals surface area contributed by atoms with E-state index in [9.17, 15) is 0 Å². The number of aryl methyl sites for hydroxylation is 1. The zero-order chi connectivity index (χ0) is 10.6. The van der Waals surface area contributed by atoms with Crippen molar-refractivity contribution in [3.63, 3.8) is 0 Å². The van der Waals surface area contributed by atoms with Gasteiger partial charge in [0.15, 0.2) is 0 Å². The van der Waals surface area contributed by atoms with E-state index < -0.39 is 0 Å². The summed E-state index contributed by atoms with van der Waals surface area (Å²) in [5, 5.41) is 9.40. The fraction of sp³-hybridized carbons (Fsp3) is 0.500. The van der Waals surface area contributed by atoms with Crippen LogP contribution in [0.4, 0.5) is 5.69 Å². The van der Waals surface area contributed by atoms with Crippen molar-refractivity contribution >= 4 is 17.3 Å². The van der Waals surface area contributed by atoms with Gasteiger partial charge in [-0.1, -0.05) is 11.6 Å². The van der Waals surface area contributed by atoms with E-state index in [0.29, 0.717) is 11.7 Å². The maximum Gasteiger partial charge on any atom is 0.132 e. The van der Waals surface area contributed by atoms with Crippen LogP contribution in [0, 0.1) is 6.92 Å². The highest BCUT2D eigenvalue weighted by molar-refractivity contribution is 6.30. The number of halogens is 1. The predicted octanol–water partition coefficient (Wildman–Crippen LogP) is 1.86. The lowest BCUT2D eigenvalue weighted by molar-refractivity contribution is 0.302. The number of aromatic nitrogens is 1. The summed E-state index contributed by atoms with van der Waals surface area (Å²) in [5.41, 5.74) is 1.96. The van der Waals surface area contributed by atoms with Crippen molar-refractivity contribution in [1.82, 2.24) is 4.98 Å². The molecule has 0 atom stereocenters. The topological polar surface area (TPSA) is 36.4 Å². The third-order valence-corrected chi connectivity index (χ3v) is 2.51. The molecule has 0 aliphatic heterocycles. The second-order valence-corrected chi connectivity index (χ2v) is 3.46. The molecular weight excluding hydrogens is 200 g/mol. The minimum Gasteiger partial charge on any atom is -0.395 e. The second-order valence-electron chi connectivity index (χ2n) is 3.10. The molecule has 1 heterocycles. The number of pyridine rings is 1. The average Bonchev–Trinajstić information content (AvgIpc) is 2.19. The van der Waals surface area contributed by atoms with Crippen molar-refractivity contribution in [2.45, 2.75) is 13.8 Å². The van der Waals surface area contributed by atoms with Crippen LogP contribution in [0.15, 0.2) is 12.3 Å². The van der Waals surface area contributed by atoms with E-state index in [-0.39, 0.29) is 6.61 Å². The van der Waals surface area contributed by atoms with E-state index in [0.717, 1.165) is 17.8 Å². The van der Waals surface area contributed by atoms with Crippen molar-refractivity contribution in [2.75, 3.05) is 24.6 Å². The van der Waals surface area contributed by atoms with E-state index in [4.69, 9.17) is 16.7 Å². The Hall–Kier alpha value is -0.800. The molecular formula is C10H15ClN2O. The lowest BCUT2D eigenvalue weighted by Crippen LogP contribution is -2.26. The van der Waals surface area contributed by atoms with Gasteiger partial charge in [-0.15, -0.1) is 0 Å². The Morgan fingerprint density at radius 3 is 2.79 bits per heavy atom. The second kappa shape index (κ2) is 5.17. The van der Waals surface area contributed by atoms with E-state index in [1.54, 1.807) is 6.20 Å². The van der Waals surface area contributed by atoms with Gasteiger partial charge in [0, 0.05) is 13.1 Å². The number of aliphatic hydroxyl groups excluding tert-OH is 1. The molecule has 0 amide bonds. The summed E-state index contributed by atoms with van der Waals surface area (Å²) in [6.07, 6.45) is 1.73. The molecule has 3 nitrogen and oxygen atoms in total. The maximum atomic E-state index is 8.86. The van der Waals surface area contributed by atoms with Crippen LogP contribution >= 0.6 is 11.6 Å². The first-order valence-electron chi connectivity index (χ1n) is 4.67. The monoisotopic (exact) mass is 214 g/mol. The molecule has 78 valence electrons. The SMILES string of the molecule is CCN(CCO)c1cnc(Cl)c(C)c1. The number of likely N-dealkylation sites (N-methyl/N-ethyl adjacent to an activating group) is 1. The van der Waals surface area contributed by atoms with Crippen LogP contribution in [0.1, 0.15) is 12.5 Å². The van der Waals surface area contributed by atoms with Crippen LogP contribution in [-0.4, -0.2) is 29.8 Å². The van der Waals surface area contributed by atoms with Gasteiger partial charge >= 0.3 is 0 Å². The van der Waals surface area contributed by atoms with Gasteiger partial charge in [0.05, 0.1) is 18.5 Å². The number of hydrogen-bond donors (Lipinski definition) is 1. The number of rotatable bonds is 4. The molecule has 1 rings (SSSR count). The Labute approximate surface area is 89.3 Å². The molecule has 1 N–H and O–H groups in total. The molecule has 0 saturated heterocycles. The zero-order valence-corrected chi connectivity index (χ0v) is 9.25. The summed E-state index contributed by atoms with van der Waals surface area (Å²) in [7, 11) is 0. The fourth-order valence-electron chi connectivity index (χ4n) is 1.31. The molecule has 0 fully saturated rings. The molecule has 0 aliphatic rings. The van der Waals surface area contributed by atoms with Gasteiger partial charge in [-0.3, -0.25) is 0 Å². The summed E-state index contributed by atoms with van der Waals surface area (Å²) in [6, 6.07) is 1.98. The summed E-state index contributed by atoms with van der Waals surface area (Å²) in [5.74, 6) is 0. The van der Waals surface area contributed by atoms with Crippen LogP contribution in [0.3, 0.4) is 0 Å². The van der Waals surface area contributed by atoms with Crippen molar-refractivity contribution in [1.29, 1.82) is 0 Å². The normalized spacial score (nSPS) is 10.3. The van der Waals surface area contributed by atoms with E-state index in [1.807, 2.05) is 19.9 Å². The predicted molar refractivity (Wildman–Crippen MR) is 59.0 cm³/mol. The quantitative estimate of drug-likeness (QED) is 0.778. The molecule has 0 radical (unpaired) electrons. The average molecular weight is 215 g/mol. The highest BCUT2D eigenvalue weighted by Crippen LogP contribution is 2.19. The van der Waals surface area contributed by atoms with Crippen molar-refractivity contribution in [2.24, 2.45) is 0 Å². The molecule has 0 aromatic carbocycles. The number of nitrogens with zero attached hydrogens (tertiary/aromatic N) is 2. The van der Waals surface area contributed by atoms with E-state index in [2.05, 4.69) is 9.88 Å². The Morgan fingerprint density at radius 2 is 2.29 bits per heavy atom. The Balaban J connectivity index is 2.88. The highest BCUT2D eigenvalue weighted by atomic mass is 35.5. The molecule has 14 heavy (non-hydrogen) atoms. The van der Waals surface area contributed by atoms with Gasteiger partial charge in [-0.2, -0.15) is 0 Å². The molecule has 0 saturated carbocycles. The van der Waals surface area contributed by atoms with Crippen molar-refractivity contribution < 1.29 is 5.11 Å². The Morgan fingerprint density at radius 1 is 1.57 bits per heavy atom. The summed E-state index contributed by atoms with van der Waals surface area (Å²) < 4.78 is 0. The number of hydrogen-bond acceptors (Lipinski definition) is 3. The minimum absolute atomic E-state index is 0.148. The van der Waals surface area contributed by atoms with Gasteiger partial charge in [0.2, 0.25) is 0 Å². The zero-order valence-electron chi connectivity index (χ0n) is 8.50. The largest absolute Gasteiger partial charge is 0.395 e. The third kappa shape index (κ3) is 2.59. The smallest absolute Gasteiger partial charge is 0.132 e. The van der Waals surface area contributed by atoms with Crippen LogP contribution in [0.2, 0.25) is 5.15 Å². The molecule has 0 aliphatic carbocycles. The van der Waals surface area contributed by atoms with Crippen molar-refractivity contribution in [3.8, 4) is 0 Å². The van der Waals surface area contributed by atoms with Gasteiger partial charge < -0.3 is 10.0 Å². The first-order valence-corrected chi connectivity index (χ1v) is 5.04. The first-order chi connectivity index (χ1) is 6.69. The summed E-state index contributed by atoms with van der Waals surface area (Å²) in [4.78, 5) is 6.12. The van der Waals surface area contributed by atoms with Crippen LogP contribution in [0.25, 0.3) is 0 Å². The minimum atomic E-state index is 0.148. The lowest BCUT2D eigenvalue weighted by atomic mass is 10.2. The van der Waals surface area contributed by atoms with Gasteiger partial charge in [-0.05, 0) is 25.5 Å². The van der Waals surface area contributed by atoms with Gasteiger partial charge in [-0.25, -0.2) is 4.98 Å². The van der Waals surface area contributed by atoms with Crippen LogP contribution in [0.5, 0.6) is 0 Å². The highest BCUT2D eigenvalue weighted by Gasteiger charge is 2.05. The maximum absolute atomic E-state index is 8.86. The Bertz CT molecular complexity index is 304. The molecule has 0 spiro atoms.